The second-order valence-electron chi connectivity index (χ2n) is 5.50. The minimum absolute atomic E-state index is 0.00526. The molecule has 0 aliphatic carbocycles. The van der Waals surface area contributed by atoms with Gasteiger partial charge in [0.2, 0.25) is 0 Å². The highest BCUT2D eigenvalue weighted by molar-refractivity contribution is 5.95. The molecule has 0 bridgehead atoms. The summed E-state index contributed by atoms with van der Waals surface area (Å²) in [4.78, 5) is 20.7. The highest BCUT2D eigenvalue weighted by atomic mass is 16.1. The molecule has 0 fully saturated rings. The van der Waals surface area contributed by atoms with Crippen molar-refractivity contribution in [3.05, 3.63) is 47.8 Å². The van der Waals surface area contributed by atoms with Gasteiger partial charge in [-0.15, -0.1) is 0 Å². The lowest BCUT2D eigenvalue weighted by Gasteiger charge is -2.24. The molecular weight excluding hydrogens is 264 g/mol. The third kappa shape index (κ3) is 2.96. The van der Waals surface area contributed by atoms with Crippen LogP contribution in [0.1, 0.15) is 35.1 Å². The summed E-state index contributed by atoms with van der Waals surface area (Å²) in [6.45, 7) is 3.68. The molecule has 3 heterocycles. The number of rotatable bonds is 4. The van der Waals surface area contributed by atoms with Crippen molar-refractivity contribution in [1.29, 1.82) is 0 Å². The Kier molecular flexibility index (Phi) is 3.99. The molecule has 5 nitrogen and oxygen atoms in total. The fourth-order valence-electron chi connectivity index (χ4n) is 2.87. The van der Waals surface area contributed by atoms with Crippen LogP contribution in [0.3, 0.4) is 0 Å². The standard InChI is InChI=1S/C16H20N4O/c1-2-13-10-17-6-5-14(13)16(21)19-9-12-3-4-15-18-7-8-20(15)11-12/h5-8,10,12H,2-4,9,11H2,1H3,(H,19,21). The van der Waals surface area contributed by atoms with Gasteiger partial charge >= 0.3 is 0 Å². The van der Waals surface area contributed by atoms with E-state index < -0.39 is 0 Å². The van der Waals surface area contributed by atoms with Gasteiger partial charge in [-0.25, -0.2) is 4.98 Å². The van der Waals surface area contributed by atoms with Crippen molar-refractivity contribution in [2.75, 3.05) is 6.54 Å². The zero-order valence-electron chi connectivity index (χ0n) is 12.2. The number of nitrogens with zero attached hydrogens (tertiary/aromatic N) is 3. The van der Waals surface area contributed by atoms with Crippen LogP contribution < -0.4 is 5.32 Å². The molecule has 0 spiro atoms. The molecule has 0 radical (unpaired) electrons. The summed E-state index contributed by atoms with van der Waals surface area (Å²) < 4.78 is 2.18. The van der Waals surface area contributed by atoms with E-state index in [1.54, 1.807) is 18.5 Å². The summed E-state index contributed by atoms with van der Waals surface area (Å²) >= 11 is 0. The zero-order chi connectivity index (χ0) is 14.7. The maximum atomic E-state index is 12.3. The van der Waals surface area contributed by atoms with Crippen molar-refractivity contribution >= 4 is 5.91 Å². The Labute approximate surface area is 124 Å². The van der Waals surface area contributed by atoms with Gasteiger partial charge in [-0.05, 0) is 30.4 Å². The molecule has 1 N–H and O–H groups in total. The molecule has 21 heavy (non-hydrogen) atoms. The summed E-state index contributed by atoms with van der Waals surface area (Å²) in [7, 11) is 0. The topological polar surface area (TPSA) is 59.8 Å². The third-order valence-corrected chi connectivity index (χ3v) is 4.11. The summed E-state index contributed by atoms with van der Waals surface area (Å²) in [5.41, 5.74) is 1.74. The quantitative estimate of drug-likeness (QED) is 0.932. The second kappa shape index (κ2) is 6.08. The number of carbonyl (C=O) groups excluding carboxylic acids is 1. The maximum Gasteiger partial charge on any atom is 0.251 e. The number of hydrogen-bond acceptors (Lipinski definition) is 3. The molecule has 1 amide bonds. The molecule has 1 aliphatic rings. The lowest BCUT2D eigenvalue weighted by molar-refractivity contribution is 0.0942. The minimum atomic E-state index is 0.00526. The molecular formula is C16H20N4O. The molecule has 2 aromatic heterocycles. The maximum absolute atomic E-state index is 12.3. The van der Waals surface area contributed by atoms with Gasteiger partial charge in [0.15, 0.2) is 0 Å². The number of aromatic nitrogens is 3. The second-order valence-corrected chi connectivity index (χ2v) is 5.50. The van der Waals surface area contributed by atoms with Crippen LogP contribution in [0.4, 0.5) is 0 Å². The Hall–Kier alpha value is -2.17. The first kappa shape index (κ1) is 13.8. The molecule has 3 rings (SSSR count). The van der Waals surface area contributed by atoms with Crippen molar-refractivity contribution in [2.45, 2.75) is 32.7 Å². The lowest BCUT2D eigenvalue weighted by atomic mass is 9.99. The molecule has 5 heteroatoms. The highest BCUT2D eigenvalue weighted by Crippen LogP contribution is 2.18. The van der Waals surface area contributed by atoms with Crippen molar-refractivity contribution < 1.29 is 4.79 Å². The minimum Gasteiger partial charge on any atom is -0.352 e. The average molecular weight is 284 g/mol. The number of amides is 1. The highest BCUT2D eigenvalue weighted by Gasteiger charge is 2.19. The van der Waals surface area contributed by atoms with Crippen LogP contribution in [0.2, 0.25) is 0 Å². The van der Waals surface area contributed by atoms with E-state index in [2.05, 4.69) is 19.9 Å². The Balaban J connectivity index is 1.59. The van der Waals surface area contributed by atoms with Crippen LogP contribution in [0.15, 0.2) is 30.9 Å². The van der Waals surface area contributed by atoms with E-state index in [0.717, 1.165) is 42.8 Å². The largest absolute Gasteiger partial charge is 0.352 e. The van der Waals surface area contributed by atoms with Crippen LogP contribution in [0.25, 0.3) is 0 Å². The number of imidazole rings is 1. The fourth-order valence-corrected chi connectivity index (χ4v) is 2.87. The molecule has 0 aromatic carbocycles. The zero-order valence-corrected chi connectivity index (χ0v) is 12.2. The van der Waals surface area contributed by atoms with E-state index >= 15 is 0 Å². The Morgan fingerprint density at radius 3 is 3.24 bits per heavy atom. The van der Waals surface area contributed by atoms with Crippen LogP contribution in [-0.2, 0) is 19.4 Å². The first-order valence-electron chi connectivity index (χ1n) is 7.49. The van der Waals surface area contributed by atoms with Gasteiger partial charge in [-0.2, -0.15) is 0 Å². The van der Waals surface area contributed by atoms with Gasteiger partial charge in [-0.3, -0.25) is 9.78 Å². The first-order valence-corrected chi connectivity index (χ1v) is 7.49. The van der Waals surface area contributed by atoms with Gasteiger partial charge in [0.1, 0.15) is 5.82 Å². The van der Waals surface area contributed by atoms with Crippen LogP contribution in [0, 0.1) is 5.92 Å². The van der Waals surface area contributed by atoms with Gasteiger partial charge < -0.3 is 9.88 Å². The van der Waals surface area contributed by atoms with E-state index in [4.69, 9.17) is 0 Å². The third-order valence-electron chi connectivity index (χ3n) is 4.11. The van der Waals surface area contributed by atoms with Crippen LogP contribution in [-0.4, -0.2) is 27.0 Å². The van der Waals surface area contributed by atoms with Crippen molar-refractivity contribution in [3.8, 4) is 0 Å². The number of carbonyl (C=O) groups is 1. The van der Waals surface area contributed by atoms with Gasteiger partial charge in [0, 0.05) is 49.9 Å². The van der Waals surface area contributed by atoms with E-state index in [0.29, 0.717) is 12.5 Å². The molecule has 0 saturated carbocycles. The first-order chi connectivity index (χ1) is 10.3. The molecule has 2 aromatic rings. The normalized spacial score (nSPS) is 17.3. The summed E-state index contributed by atoms with van der Waals surface area (Å²) in [6.07, 6.45) is 10.2. The molecule has 0 saturated heterocycles. The van der Waals surface area contributed by atoms with Gasteiger partial charge in [-0.1, -0.05) is 6.92 Å². The molecule has 1 atom stereocenters. The summed E-state index contributed by atoms with van der Waals surface area (Å²) in [6, 6.07) is 1.79. The van der Waals surface area contributed by atoms with Gasteiger partial charge in [0.05, 0.1) is 0 Å². The van der Waals surface area contributed by atoms with Crippen LogP contribution >= 0.6 is 0 Å². The Morgan fingerprint density at radius 1 is 1.48 bits per heavy atom. The fraction of sp³-hybridized carbons (Fsp3) is 0.438. The van der Waals surface area contributed by atoms with E-state index in [-0.39, 0.29) is 5.91 Å². The monoisotopic (exact) mass is 284 g/mol. The molecule has 1 aliphatic heterocycles. The Bertz CT molecular complexity index is 635. The predicted octanol–water partition coefficient (Wildman–Crippen LogP) is 1.83. The summed E-state index contributed by atoms with van der Waals surface area (Å²) in [5.74, 6) is 1.63. The average Bonchev–Trinajstić information content (AvgIpc) is 3.00. The smallest absolute Gasteiger partial charge is 0.251 e. The van der Waals surface area contributed by atoms with Crippen LogP contribution in [0.5, 0.6) is 0 Å². The number of hydrogen-bond donors (Lipinski definition) is 1. The van der Waals surface area contributed by atoms with E-state index in [1.807, 2.05) is 19.3 Å². The molecule has 110 valence electrons. The number of nitrogens with one attached hydrogen (secondary N) is 1. The number of pyridine rings is 1. The number of aryl methyl sites for hydroxylation is 2. The van der Waals surface area contributed by atoms with Gasteiger partial charge in [0.25, 0.3) is 5.91 Å². The van der Waals surface area contributed by atoms with Crippen molar-refractivity contribution in [2.24, 2.45) is 5.92 Å². The summed E-state index contributed by atoms with van der Waals surface area (Å²) in [5, 5.41) is 3.07. The predicted molar refractivity (Wildman–Crippen MR) is 80.0 cm³/mol. The van der Waals surface area contributed by atoms with Crippen molar-refractivity contribution in [3.63, 3.8) is 0 Å². The van der Waals surface area contributed by atoms with Crippen molar-refractivity contribution in [1.82, 2.24) is 19.9 Å². The molecule has 1 unspecified atom stereocenters. The van der Waals surface area contributed by atoms with E-state index in [1.165, 1.54) is 0 Å². The lowest BCUT2D eigenvalue weighted by Crippen LogP contribution is -2.34. The SMILES string of the molecule is CCc1cnccc1C(=O)NCC1CCc2nccn2C1. The van der Waals surface area contributed by atoms with E-state index in [9.17, 15) is 4.79 Å². The number of fused-ring (bicyclic) bond motifs is 1. The Morgan fingerprint density at radius 2 is 2.38 bits per heavy atom.